The van der Waals surface area contributed by atoms with Gasteiger partial charge in [-0.25, -0.2) is 0 Å². The number of hydrogen-bond donors (Lipinski definition) is 2. The van der Waals surface area contributed by atoms with E-state index in [1.54, 1.807) is 0 Å². The van der Waals surface area contributed by atoms with Crippen LogP contribution in [0.4, 0.5) is 5.82 Å². The highest BCUT2D eigenvalue weighted by Crippen LogP contribution is 2.29. The van der Waals surface area contributed by atoms with Gasteiger partial charge in [0.25, 0.3) is 0 Å². The zero-order valence-corrected chi connectivity index (χ0v) is 12.0. The number of H-pyrrole nitrogens is 1. The highest BCUT2D eigenvalue weighted by atomic mass is 15.2. The van der Waals surface area contributed by atoms with Gasteiger partial charge in [-0.3, -0.25) is 5.10 Å². The molecule has 3 N–H and O–H groups in total. The molecule has 0 radical (unpaired) electrons. The standard InChI is InChI=1S/C14H21N5/c1-5-12-10(7-9(4)16-17-12)13-11(6-8(2)3)14(15)19-18-13/h7-8H,5-6H2,1-4H3,(H3,15,18,19). The Balaban J connectivity index is 2.55. The molecule has 2 heterocycles. The van der Waals surface area contributed by atoms with Crippen LogP contribution in [0.3, 0.4) is 0 Å². The maximum Gasteiger partial charge on any atom is 0.149 e. The van der Waals surface area contributed by atoms with E-state index in [9.17, 15) is 0 Å². The van der Waals surface area contributed by atoms with E-state index in [0.29, 0.717) is 11.7 Å². The van der Waals surface area contributed by atoms with Crippen molar-refractivity contribution in [2.45, 2.75) is 40.5 Å². The fourth-order valence-corrected chi connectivity index (χ4v) is 2.21. The molecule has 0 saturated heterocycles. The Morgan fingerprint density at radius 3 is 2.68 bits per heavy atom. The predicted molar refractivity (Wildman–Crippen MR) is 76.7 cm³/mol. The molecule has 0 atom stereocenters. The van der Waals surface area contributed by atoms with Crippen LogP contribution in [0.25, 0.3) is 11.3 Å². The SMILES string of the molecule is CCc1nnc(C)cc1-c1[nH]nc(N)c1CC(C)C. The highest BCUT2D eigenvalue weighted by molar-refractivity contribution is 5.70. The molecule has 0 spiro atoms. The summed E-state index contributed by atoms with van der Waals surface area (Å²) in [6.07, 6.45) is 1.74. The van der Waals surface area contributed by atoms with Crippen molar-refractivity contribution in [3.8, 4) is 11.3 Å². The third-order valence-corrected chi connectivity index (χ3v) is 3.11. The monoisotopic (exact) mass is 259 g/mol. The average molecular weight is 259 g/mol. The predicted octanol–water partition coefficient (Wildman–Crippen LogP) is 2.52. The van der Waals surface area contributed by atoms with Crippen LogP contribution in [0.1, 0.15) is 37.7 Å². The van der Waals surface area contributed by atoms with Crippen molar-refractivity contribution in [3.05, 3.63) is 23.0 Å². The van der Waals surface area contributed by atoms with Crippen LogP contribution in [0, 0.1) is 12.8 Å². The Bertz CT molecular complexity index is 571. The zero-order chi connectivity index (χ0) is 14.0. The second kappa shape index (κ2) is 5.38. The van der Waals surface area contributed by atoms with Gasteiger partial charge in [0.15, 0.2) is 0 Å². The quantitative estimate of drug-likeness (QED) is 0.884. The summed E-state index contributed by atoms with van der Waals surface area (Å²) in [7, 11) is 0. The molecule has 0 amide bonds. The third-order valence-electron chi connectivity index (χ3n) is 3.11. The lowest BCUT2D eigenvalue weighted by atomic mass is 9.98. The maximum absolute atomic E-state index is 5.98. The first-order valence-corrected chi connectivity index (χ1v) is 6.69. The average Bonchev–Trinajstić information content (AvgIpc) is 2.70. The second-order valence-corrected chi connectivity index (χ2v) is 5.26. The normalized spacial score (nSPS) is 11.2. The first kappa shape index (κ1) is 13.5. The summed E-state index contributed by atoms with van der Waals surface area (Å²) in [5.74, 6) is 1.11. The van der Waals surface area contributed by atoms with E-state index >= 15 is 0 Å². The zero-order valence-electron chi connectivity index (χ0n) is 12.0. The van der Waals surface area contributed by atoms with Crippen molar-refractivity contribution < 1.29 is 0 Å². The molecule has 5 heteroatoms. The largest absolute Gasteiger partial charge is 0.382 e. The lowest BCUT2D eigenvalue weighted by Gasteiger charge is -2.10. The van der Waals surface area contributed by atoms with Gasteiger partial charge in [0, 0.05) is 11.1 Å². The fourth-order valence-electron chi connectivity index (χ4n) is 2.21. The Morgan fingerprint density at radius 1 is 1.32 bits per heavy atom. The molecule has 0 aromatic carbocycles. The Morgan fingerprint density at radius 2 is 2.05 bits per heavy atom. The van der Waals surface area contributed by atoms with E-state index in [1.165, 1.54) is 0 Å². The first-order valence-electron chi connectivity index (χ1n) is 6.69. The number of nitrogens with two attached hydrogens (primary N) is 1. The summed E-state index contributed by atoms with van der Waals surface area (Å²) in [4.78, 5) is 0. The van der Waals surface area contributed by atoms with Crippen molar-refractivity contribution in [3.63, 3.8) is 0 Å². The number of hydrogen-bond acceptors (Lipinski definition) is 4. The summed E-state index contributed by atoms with van der Waals surface area (Å²) >= 11 is 0. The topological polar surface area (TPSA) is 80.5 Å². The molecule has 19 heavy (non-hydrogen) atoms. The second-order valence-electron chi connectivity index (χ2n) is 5.26. The smallest absolute Gasteiger partial charge is 0.149 e. The minimum Gasteiger partial charge on any atom is -0.382 e. The summed E-state index contributed by atoms with van der Waals surface area (Å²) in [5, 5.41) is 15.6. The van der Waals surface area contributed by atoms with Gasteiger partial charge >= 0.3 is 0 Å². The number of nitrogens with zero attached hydrogens (tertiary/aromatic N) is 3. The van der Waals surface area contributed by atoms with Crippen LogP contribution in [0.15, 0.2) is 6.07 Å². The summed E-state index contributed by atoms with van der Waals surface area (Å²) in [5.41, 5.74) is 11.0. The van der Waals surface area contributed by atoms with Crippen molar-refractivity contribution in [2.24, 2.45) is 5.92 Å². The molecule has 0 aliphatic carbocycles. The molecule has 0 bridgehead atoms. The molecule has 0 fully saturated rings. The third kappa shape index (κ3) is 2.75. The van der Waals surface area contributed by atoms with E-state index in [0.717, 1.165) is 41.1 Å². The van der Waals surface area contributed by atoms with E-state index in [2.05, 4.69) is 41.2 Å². The van der Waals surface area contributed by atoms with Gasteiger partial charge in [0.2, 0.25) is 0 Å². The van der Waals surface area contributed by atoms with E-state index in [-0.39, 0.29) is 0 Å². The highest BCUT2D eigenvalue weighted by Gasteiger charge is 2.17. The van der Waals surface area contributed by atoms with Gasteiger partial charge in [0.05, 0.1) is 17.1 Å². The summed E-state index contributed by atoms with van der Waals surface area (Å²) in [6.45, 7) is 8.36. The summed E-state index contributed by atoms with van der Waals surface area (Å²) in [6, 6.07) is 2.04. The molecule has 5 nitrogen and oxygen atoms in total. The van der Waals surface area contributed by atoms with E-state index in [1.807, 2.05) is 13.0 Å². The van der Waals surface area contributed by atoms with Gasteiger partial charge in [0.1, 0.15) is 5.82 Å². The van der Waals surface area contributed by atoms with Gasteiger partial charge < -0.3 is 5.73 Å². The van der Waals surface area contributed by atoms with Crippen molar-refractivity contribution in [1.82, 2.24) is 20.4 Å². The number of nitrogens with one attached hydrogen (secondary N) is 1. The number of rotatable bonds is 4. The molecular formula is C14H21N5. The van der Waals surface area contributed by atoms with Crippen LogP contribution in [0.5, 0.6) is 0 Å². The molecule has 0 aliphatic rings. The fraction of sp³-hybridized carbons (Fsp3) is 0.500. The number of aromatic nitrogens is 4. The number of aryl methyl sites for hydroxylation is 2. The van der Waals surface area contributed by atoms with Crippen LogP contribution in [-0.4, -0.2) is 20.4 Å². The maximum atomic E-state index is 5.98. The van der Waals surface area contributed by atoms with Gasteiger partial charge in [-0.2, -0.15) is 15.3 Å². The molecule has 102 valence electrons. The van der Waals surface area contributed by atoms with Crippen molar-refractivity contribution in [2.75, 3.05) is 5.73 Å². The Labute approximate surface area is 113 Å². The van der Waals surface area contributed by atoms with E-state index < -0.39 is 0 Å². The van der Waals surface area contributed by atoms with Gasteiger partial charge in [-0.05, 0) is 31.7 Å². The summed E-state index contributed by atoms with van der Waals surface area (Å²) < 4.78 is 0. The number of aromatic amines is 1. The van der Waals surface area contributed by atoms with Crippen LogP contribution >= 0.6 is 0 Å². The molecule has 0 saturated carbocycles. The molecule has 0 unspecified atom stereocenters. The van der Waals surface area contributed by atoms with Crippen molar-refractivity contribution >= 4 is 5.82 Å². The molecular weight excluding hydrogens is 238 g/mol. The lowest BCUT2D eigenvalue weighted by molar-refractivity contribution is 0.649. The minimum absolute atomic E-state index is 0.527. The van der Waals surface area contributed by atoms with Gasteiger partial charge in [-0.1, -0.05) is 20.8 Å². The molecule has 2 rings (SSSR count). The van der Waals surface area contributed by atoms with Crippen molar-refractivity contribution in [1.29, 1.82) is 0 Å². The first-order chi connectivity index (χ1) is 9.02. The molecule has 2 aromatic rings. The molecule has 0 aliphatic heterocycles. The van der Waals surface area contributed by atoms with Crippen LogP contribution in [-0.2, 0) is 12.8 Å². The Kier molecular flexibility index (Phi) is 3.83. The Hall–Kier alpha value is -1.91. The minimum atomic E-state index is 0.527. The lowest BCUT2D eigenvalue weighted by Crippen LogP contribution is -2.02. The van der Waals surface area contributed by atoms with Gasteiger partial charge in [-0.15, -0.1) is 0 Å². The molecule has 2 aromatic heterocycles. The number of nitrogen functional groups attached to an aromatic ring is 1. The number of anilines is 1. The van der Waals surface area contributed by atoms with Crippen LogP contribution < -0.4 is 5.73 Å². The van der Waals surface area contributed by atoms with Crippen LogP contribution in [0.2, 0.25) is 0 Å². The van der Waals surface area contributed by atoms with E-state index in [4.69, 9.17) is 5.73 Å².